The van der Waals surface area contributed by atoms with Gasteiger partial charge in [-0.15, -0.1) is 0 Å². The fourth-order valence-electron chi connectivity index (χ4n) is 4.69. The molecule has 2 aromatic rings. The number of fused-ring (bicyclic) bond motifs is 1. The molecular formula is C20H26N4O3. The first-order chi connectivity index (χ1) is 13.1. The van der Waals surface area contributed by atoms with Crippen LogP contribution in [0.5, 0.6) is 0 Å². The lowest BCUT2D eigenvalue weighted by atomic mass is 9.80. The minimum Gasteiger partial charge on any atom is -0.481 e. The number of piperidine rings is 1. The van der Waals surface area contributed by atoms with Crippen LogP contribution in [0, 0.1) is 17.8 Å². The zero-order valence-corrected chi connectivity index (χ0v) is 15.4. The number of nitrogens with zero attached hydrogens (tertiary/aromatic N) is 3. The number of aromatic nitrogens is 3. The third-order valence-corrected chi connectivity index (χ3v) is 6.13. The van der Waals surface area contributed by atoms with Crippen LogP contribution in [0.25, 0.3) is 11.0 Å². The van der Waals surface area contributed by atoms with Crippen LogP contribution >= 0.6 is 0 Å². The summed E-state index contributed by atoms with van der Waals surface area (Å²) in [5.41, 5.74) is 1.75. The van der Waals surface area contributed by atoms with Gasteiger partial charge in [0.25, 0.3) is 0 Å². The second kappa shape index (κ2) is 7.66. The lowest BCUT2D eigenvalue weighted by Crippen LogP contribution is -2.46. The fraction of sp³-hybridized carbons (Fsp3) is 0.600. The highest BCUT2D eigenvalue weighted by Gasteiger charge is 2.36. The number of aromatic amines is 1. The first kappa shape index (κ1) is 17.9. The number of carbonyl (C=O) groups excluding carboxylic acids is 1. The molecule has 2 N–H and O–H groups in total. The number of carboxylic acid groups (broad SMARTS) is 1. The third kappa shape index (κ3) is 3.96. The maximum absolute atomic E-state index is 12.8. The molecule has 0 spiro atoms. The summed E-state index contributed by atoms with van der Waals surface area (Å²) in [5.74, 6) is 0.678. The van der Waals surface area contributed by atoms with Crippen molar-refractivity contribution in [3.8, 4) is 0 Å². The molecule has 4 rings (SSSR count). The summed E-state index contributed by atoms with van der Waals surface area (Å²) in [5, 5.41) is 9.30. The first-order valence-electron chi connectivity index (χ1n) is 9.89. The Morgan fingerprint density at radius 1 is 1.22 bits per heavy atom. The van der Waals surface area contributed by atoms with Gasteiger partial charge >= 0.3 is 5.97 Å². The van der Waals surface area contributed by atoms with E-state index in [1.807, 2.05) is 11.0 Å². The van der Waals surface area contributed by atoms with Crippen LogP contribution < -0.4 is 0 Å². The van der Waals surface area contributed by atoms with Gasteiger partial charge in [-0.05, 0) is 37.2 Å². The number of likely N-dealkylation sites (tertiary alicyclic amines) is 1. The monoisotopic (exact) mass is 370 g/mol. The van der Waals surface area contributed by atoms with Gasteiger partial charge in [-0.2, -0.15) is 0 Å². The summed E-state index contributed by atoms with van der Waals surface area (Å²) < 4.78 is 0. The highest BCUT2D eigenvalue weighted by Crippen LogP contribution is 2.33. The normalized spacial score (nSPS) is 23.8. The number of imidazole rings is 1. The Morgan fingerprint density at radius 3 is 2.78 bits per heavy atom. The molecule has 7 heteroatoms. The quantitative estimate of drug-likeness (QED) is 0.843. The molecule has 144 valence electrons. The van der Waals surface area contributed by atoms with Crippen molar-refractivity contribution in [3.63, 3.8) is 0 Å². The van der Waals surface area contributed by atoms with Crippen LogP contribution in [0.1, 0.15) is 44.3 Å². The van der Waals surface area contributed by atoms with Gasteiger partial charge in [0.15, 0.2) is 0 Å². The number of H-pyrrole nitrogens is 1. The molecule has 2 atom stereocenters. The van der Waals surface area contributed by atoms with Gasteiger partial charge in [-0.1, -0.05) is 12.8 Å². The van der Waals surface area contributed by atoms with E-state index in [9.17, 15) is 14.7 Å². The van der Waals surface area contributed by atoms with Gasteiger partial charge in [-0.3, -0.25) is 14.6 Å². The Morgan fingerprint density at radius 2 is 2.04 bits per heavy atom. The fourth-order valence-corrected chi connectivity index (χ4v) is 4.69. The van der Waals surface area contributed by atoms with E-state index in [0.717, 1.165) is 49.0 Å². The zero-order chi connectivity index (χ0) is 18.8. The molecule has 0 unspecified atom stereocenters. The van der Waals surface area contributed by atoms with Crippen molar-refractivity contribution in [2.24, 2.45) is 17.8 Å². The molecule has 7 nitrogen and oxygen atoms in total. The molecule has 1 aliphatic heterocycles. The molecule has 0 radical (unpaired) electrons. The van der Waals surface area contributed by atoms with Crippen molar-refractivity contribution in [2.45, 2.75) is 44.9 Å². The predicted molar refractivity (Wildman–Crippen MR) is 100.0 cm³/mol. The second-order valence-electron chi connectivity index (χ2n) is 7.95. The average molecular weight is 370 g/mol. The van der Waals surface area contributed by atoms with Crippen LogP contribution in [0.15, 0.2) is 18.5 Å². The molecule has 1 saturated heterocycles. The van der Waals surface area contributed by atoms with Crippen molar-refractivity contribution >= 4 is 22.9 Å². The van der Waals surface area contributed by atoms with Crippen molar-refractivity contribution in [3.05, 3.63) is 24.3 Å². The maximum Gasteiger partial charge on any atom is 0.303 e. The first-order valence-corrected chi connectivity index (χ1v) is 9.89. The smallest absolute Gasteiger partial charge is 0.303 e. The Hall–Kier alpha value is -2.44. The van der Waals surface area contributed by atoms with Crippen molar-refractivity contribution in [1.82, 2.24) is 19.9 Å². The third-order valence-electron chi connectivity index (χ3n) is 6.13. The maximum atomic E-state index is 12.8. The van der Waals surface area contributed by atoms with Gasteiger partial charge in [0.1, 0.15) is 5.82 Å². The molecule has 1 saturated carbocycles. The van der Waals surface area contributed by atoms with Crippen molar-refractivity contribution < 1.29 is 14.7 Å². The molecule has 3 heterocycles. The number of rotatable bonds is 5. The van der Waals surface area contributed by atoms with E-state index in [-0.39, 0.29) is 30.1 Å². The summed E-state index contributed by atoms with van der Waals surface area (Å²) in [6.07, 6.45) is 9.28. The SMILES string of the molecule is O=C(O)C[C@@H]1CCN(C(=O)C2CCCC2)C[C@@H]1Cc1nc2ccncc2[nH]1. The van der Waals surface area contributed by atoms with Crippen molar-refractivity contribution in [1.29, 1.82) is 0 Å². The van der Waals surface area contributed by atoms with E-state index in [1.54, 1.807) is 12.4 Å². The number of amides is 1. The standard InChI is InChI=1S/C20H26N4O3/c25-19(26)10-14-6-8-24(20(27)13-3-1-2-4-13)12-15(14)9-18-22-16-5-7-21-11-17(16)23-18/h5,7,11,13-15H,1-4,6,8-10,12H2,(H,22,23)(H,25,26)/t14-,15-/m0/s1. The molecular weight excluding hydrogens is 344 g/mol. The molecule has 27 heavy (non-hydrogen) atoms. The molecule has 1 amide bonds. The lowest BCUT2D eigenvalue weighted by Gasteiger charge is -2.39. The van der Waals surface area contributed by atoms with Gasteiger partial charge in [0.2, 0.25) is 5.91 Å². The number of hydrogen-bond donors (Lipinski definition) is 2. The second-order valence-corrected chi connectivity index (χ2v) is 7.95. The van der Waals surface area contributed by atoms with Gasteiger partial charge in [0, 0.05) is 38.0 Å². The van der Waals surface area contributed by atoms with Crippen LogP contribution in [-0.2, 0) is 16.0 Å². The topological polar surface area (TPSA) is 99.2 Å². The van der Waals surface area contributed by atoms with E-state index < -0.39 is 5.97 Å². The van der Waals surface area contributed by atoms with Gasteiger partial charge < -0.3 is 15.0 Å². The largest absolute Gasteiger partial charge is 0.481 e. The van der Waals surface area contributed by atoms with Crippen LogP contribution in [0.3, 0.4) is 0 Å². The van der Waals surface area contributed by atoms with Gasteiger partial charge in [-0.25, -0.2) is 4.98 Å². The highest BCUT2D eigenvalue weighted by atomic mass is 16.4. The number of carboxylic acids is 1. The Bertz CT molecular complexity index is 794. The molecule has 2 aromatic heterocycles. The summed E-state index contributed by atoms with van der Waals surface area (Å²) in [6, 6.07) is 1.86. The molecule has 2 aliphatic rings. The summed E-state index contributed by atoms with van der Waals surface area (Å²) >= 11 is 0. The number of aliphatic carboxylic acids is 1. The Kier molecular flexibility index (Phi) is 5.09. The average Bonchev–Trinajstić information content (AvgIpc) is 3.31. The number of nitrogens with one attached hydrogen (secondary N) is 1. The van der Waals surface area contributed by atoms with E-state index in [4.69, 9.17) is 0 Å². The summed E-state index contributed by atoms with van der Waals surface area (Å²) in [6.45, 7) is 1.30. The van der Waals surface area contributed by atoms with E-state index in [2.05, 4.69) is 15.0 Å². The zero-order valence-electron chi connectivity index (χ0n) is 15.4. The highest BCUT2D eigenvalue weighted by molar-refractivity contribution is 5.79. The molecule has 2 fully saturated rings. The lowest BCUT2D eigenvalue weighted by molar-refractivity contribution is -0.141. The Labute approximate surface area is 158 Å². The number of pyridine rings is 1. The minimum absolute atomic E-state index is 0.0708. The Balaban J connectivity index is 1.50. The van der Waals surface area contributed by atoms with E-state index >= 15 is 0 Å². The minimum atomic E-state index is -0.769. The van der Waals surface area contributed by atoms with Gasteiger partial charge in [0.05, 0.1) is 17.2 Å². The molecule has 1 aliphatic carbocycles. The van der Waals surface area contributed by atoms with Crippen LogP contribution in [0.2, 0.25) is 0 Å². The summed E-state index contributed by atoms with van der Waals surface area (Å²) in [4.78, 5) is 38.2. The van der Waals surface area contributed by atoms with Crippen molar-refractivity contribution in [2.75, 3.05) is 13.1 Å². The van der Waals surface area contributed by atoms with E-state index in [0.29, 0.717) is 19.5 Å². The number of hydrogen-bond acceptors (Lipinski definition) is 4. The predicted octanol–water partition coefficient (Wildman–Crippen LogP) is 2.63. The van der Waals surface area contributed by atoms with Crippen LogP contribution in [0.4, 0.5) is 0 Å². The molecule has 0 bridgehead atoms. The number of carbonyl (C=O) groups is 2. The van der Waals surface area contributed by atoms with E-state index in [1.165, 1.54) is 0 Å². The molecule has 0 aromatic carbocycles. The summed E-state index contributed by atoms with van der Waals surface area (Å²) in [7, 11) is 0. The van der Waals surface area contributed by atoms with Crippen LogP contribution in [-0.4, -0.2) is 49.9 Å².